The highest BCUT2D eigenvalue weighted by Gasteiger charge is 2.52. The van der Waals surface area contributed by atoms with Crippen molar-refractivity contribution in [2.75, 3.05) is 6.67 Å². The number of amidine groups is 1. The number of nitrogens with two attached hydrogens (primary N) is 1. The van der Waals surface area contributed by atoms with Crippen LogP contribution in [0.1, 0.15) is 17.7 Å². The smallest absolute Gasteiger partial charge is 0.433 e. The van der Waals surface area contributed by atoms with Crippen LogP contribution in [0, 0.1) is 5.82 Å². The Labute approximate surface area is 169 Å². The number of aromatic nitrogens is 1. The summed E-state index contributed by atoms with van der Waals surface area (Å²) in [4.78, 5) is 6.83. The van der Waals surface area contributed by atoms with Crippen LogP contribution in [0.3, 0.4) is 0 Å². The van der Waals surface area contributed by atoms with E-state index in [0.29, 0.717) is 6.07 Å². The van der Waals surface area contributed by atoms with Gasteiger partial charge in [-0.25, -0.2) is 18.8 Å². The van der Waals surface area contributed by atoms with Gasteiger partial charge in [0.25, 0.3) is 6.02 Å². The van der Waals surface area contributed by atoms with Crippen LogP contribution < -0.4 is 10.5 Å². The minimum atomic E-state index is -4.94. The predicted molar refractivity (Wildman–Crippen MR) is 90.5 cm³/mol. The average molecular weight is 455 g/mol. The number of rotatable bonds is 4. The van der Waals surface area contributed by atoms with Gasteiger partial charge in [0.2, 0.25) is 5.88 Å². The predicted octanol–water partition coefficient (Wildman–Crippen LogP) is 4.86. The van der Waals surface area contributed by atoms with E-state index in [2.05, 4.69) is 14.7 Å². The van der Waals surface area contributed by atoms with Crippen molar-refractivity contribution in [3.8, 4) is 11.6 Å². The van der Waals surface area contributed by atoms with Crippen molar-refractivity contribution in [2.45, 2.75) is 30.4 Å². The molecule has 0 aliphatic carbocycles. The van der Waals surface area contributed by atoms with Crippen LogP contribution in [0.4, 0.5) is 35.1 Å². The topological polar surface area (TPSA) is 69.7 Å². The lowest BCUT2D eigenvalue weighted by molar-refractivity contribution is -0.209. The molecule has 0 amide bonds. The summed E-state index contributed by atoms with van der Waals surface area (Å²) >= 11 is 0. The summed E-state index contributed by atoms with van der Waals surface area (Å²) in [6.45, 7) is -1.56. The Morgan fingerprint density at radius 1 is 1.13 bits per heavy atom. The summed E-state index contributed by atoms with van der Waals surface area (Å²) in [7, 11) is 0. The number of pyridine rings is 1. The Balaban J connectivity index is 2.00. The third-order valence-electron chi connectivity index (χ3n) is 4.37. The molecule has 1 aliphatic rings. The number of nitrogens with zero attached hydrogens (tertiary/aromatic N) is 2. The fourth-order valence-electron chi connectivity index (χ4n) is 2.96. The second-order valence-corrected chi connectivity index (χ2v) is 6.57. The molecule has 13 heteroatoms. The molecule has 1 aromatic heterocycles. The SMILES string of the molecule is NC1=N[C@](CF)(c2cc(Oc3cccc(C(F)(F)F)n3)ccc2F)C[C@@H](C(F)(F)F)O1. The molecule has 0 spiro atoms. The summed E-state index contributed by atoms with van der Waals surface area (Å²) < 4.78 is 116. The lowest BCUT2D eigenvalue weighted by Gasteiger charge is -2.36. The number of aliphatic imine (C=N–C) groups is 1. The molecule has 0 saturated carbocycles. The van der Waals surface area contributed by atoms with Crippen LogP contribution in [0.25, 0.3) is 0 Å². The number of benzene rings is 1. The summed E-state index contributed by atoms with van der Waals surface area (Å²) in [6, 6.07) is 4.35. The Morgan fingerprint density at radius 2 is 1.84 bits per heavy atom. The van der Waals surface area contributed by atoms with Crippen molar-refractivity contribution in [3.05, 3.63) is 53.5 Å². The van der Waals surface area contributed by atoms with Gasteiger partial charge in [-0.05, 0) is 24.3 Å². The first-order valence-electron chi connectivity index (χ1n) is 8.51. The van der Waals surface area contributed by atoms with Crippen molar-refractivity contribution in [1.82, 2.24) is 4.98 Å². The van der Waals surface area contributed by atoms with E-state index in [1.807, 2.05) is 0 Å². The van der Waals surface area contributed by atoms with Crippen molar-refractivity contribution in [1.29, 1.82) is 0 Å². The molecule has 0 radical (unpaired) electrons. The second-order valence-electron chi connectivity index (χ2n) is 6.57. The van der Waals surface area contributed by atoms with Crippen LogP contribution in [-0.4, -0.2) is 30.0 Å². The third-order valence-corrected chi connectivity index (χ3v) is 4.37. The summed E-state index contributed by atoms with van der Waals surface area (Å²) in [5.41, 5.74) is 0.988. The van der Waals surface area contributed by atoms with E-state index >= 15 is 0 Å². The van der Waals surface area contributed by atoms with Gasteiger partial charge in [-0.3, -0.25) is 0 Å². The number of hydrogen-bond donors (Lipinski definition) is 1. The van der Waals surface area contributed by atoms with E-state index in [4.69, 9.17) is 10.5 Å². The van der Waals surface area contributed by atoms with Gasteiger partial charge in [0.05, 0.1) is 0 Å². The first kappa shape index (κ1) is 22.6. The molecule has 2 N–H and O–H groups in total. The lowest BCUT2D eigenvalue weighted by atomic mass is 9.84. The molecule has 0 unspecified atom stereocenters. The molecule has 0 bridgehead atoms. The zero-order chi connectivity index (χ0) is 23.0. The van der Waals surface area contributed by atoms with Crippen LogP contribution >= 0.6 is 0 Å². The van der Waals surface area contributed by atoms with Gasteiger partial charge >= 0.3 is 12.4 Å². The van der Waals surface area contributed by atoms with E-state index in [-0.39, 0.29) is 5.75 Å². The summed E-state index contributed by atoms with van der Waals surface area (Å²) in [5, 5.41) is 0. The maximum atomic E-state index is 14.5. The molecule has 1 aliphatic heterocycles. The monoisotopic (exact) mass is 455 g/mol. The van der Waals surface area contributed by atoms with Gasteiger partial charge in [-0.1, -0.05) is 6.07 Å². The molecular weight excluding hydrogens is 442 g/mol. The molecule has 31 heavy (non-hydrogen) atoms. The van der Waals surface area contributed by atoms with Crippen LogP contribution in [-0.2, 0) is 16.5 Å². The van der Waals surface area contributed by atoms with E-state index < -0.39 is 66.1 Å². The van der Waals surface area contributed by atoms with Crippen molar-refractivity contribution < 1.29 is 44.6 Å². The molecule has 0 fully saturated rings. The number of ether oxygens (including phenoxy) is 2. The Kier molecular flexibility index (Phi) is 5.72. The fourth-order valence-corrected chi connectivity index (χ4v) is 2.96. The van der Waals surface area contributed by atoms with Gasteiger partial charge in [0.1, 0.15) is 29.5 Å². The average Bonchev–Trinajstić information content (AvgIpc) is 2.68. The maximum absolute atomic E-state index is 14.5. The highest BCUT2D eigenvalue weighted by molar-refractivity contribution is 5.73. The molecule has 2 heterocycles. The van der Waals surface area contributed by atoms with Crippen molar-refractivity contribution in [3.63, 3.8) is 0 Å². The lowest BCUT2D eigenvalue weighted by Crippen LogP contribution is -2.48. The Morgan fingerprint density at radius 3 is 2.45 bits per heavy atom. The standard InChI is InChI=1S/C18H13F8N3O2/c19-8-16(7-13(18(24,25)26)31-15(27)29-16)10-6-9(4-5-11(10)20)30-14-3-1-2-12(28-14)17(21,22)23/h1-6,13H,7-8H2,(H2,27,29)/t13-,16+/m0/s1. The highest BCUT2D eigenvalue weighted by Crippen LogP contribution is 2.42. The molecule has 0 saturated heterocycles. The quantitative estimate of drug-likeness (QED) is 0.669. The highest BCUT2D eigenvalue weighted by atomic mass is 19.4. The van der Waals surface area contributed by atoms with Crippen molar-refractivity contribution in [2.24, 2.45) is 10.7 Å². The molecule has 5 nitrogen and oxygen atoms in total. The normalized spacial score (nSPS) is 21.9. The Hall–Kier alpha value is -3.12. The maximum Gasteiger partial charge on any atom is 0.433 e. The zero-order valence-corrected chi connectivity index (χ0v) is 15.3. The van der Waals surface area contributed by atoms with Gasteiger partial charge < -0.3 is 15.2 Å². The molecule has 168 valence electrons. The molecule has 3 rings (SSSR count). The van der Waals surface area contributed by atoms with Gasteiger partial charge in [-0.2, -0.15) is 26.3 Å². The van der Waals surface area contributed by atoms with Gasteiger partial charge in [-0.15, -0.1) is 0 Å². The first-order valence-corrected chi connectivity index (χ1v) is 8.51. The zero-order valence-electron chi connectivity index (χ0n) is 15.3. The first-order chi connectivity index (χ1) is 14.3. The Bertz CT molecular complexity index is 993. The van der Waals surface area contributed by atoms with E-state index in [9.17, 15) is 35.1 Å². The van der Waals surface area contributed by atoms with Gasteiger partial charge in [0, 0.05) is 18.1 Å². The van der Waals surface area contributed by atoms with E-state index in [1.54, 1.807) is 0 Å². The number of hydrogen-bond acceptors (Lipinski definition) is 5. The minimum absolute atomic E-state index is 0.306. The molecular formula is C18H13F8N3O2. The van der Waals surface area contributed by atoms with Crippen molar-refractivity contribution >= 4 is 6.02 Å². The molecule has 2 aromatic rings. The van der Waals surface area contributed by atoms with Crippen LogP contribution in [0.15, 0.2) is 41.4 Å². The third kappa shape index (κ3) is 4.80. The minimum Gasteiger partial charge on any atom is -0.452 e. The second kappa shape index (κ2) is 7.85. The molecule has 2 atom stereocenters. The summed E-state index contributed by atoms with van der Waals surface area (Å²) in [6.07, 6.45) is -13.4. The molecule has 1 aromatic carbocycles. The number of alkyl halides is 7. The van der Waals surface area contributed by atoms with Crippen LogP contribution in [0.2, 0.25) is 0 Å². The van der Waals surface area contributed by atoms with Crippen LogP contribution in [0.5, 0.6) is 11.6 Å². The van der Waals surface area contributed by atoms with E-state index in [0.717, 1.165) is 30.3 Å². The van der Waals surface area contributed by atoms with Gasteiger partial charge in [0.15, 0.2) is 6.10 Å². The summed E-state index contributed by atoms with van der Waals surface area (Å²) in [5.74, 6) is -1.95. The van der Waals surface area contributed by atoms with E-state index in [1.165, 1.54) is 0 Å². The fraction of sp³-hybridized carbons (Fsp3) is 0.333. The number of halogens is 8. The largest absolute Gasteiger partial charge is 0.452 e.